The molecule has 0 saturated heterocycles. The van der Waals surface area contributed by atoms with Crippen LogP contribution in [0.25, 0.3) is 0 Å². The molecule has 0 aliphatic carbocycles. The van der Waals surface area contributed by atoms with Crippen LogP contribution < -0.4 is 5.32 Å². The Morgan fingerprint density at radius 3 is 3.00 bits per heavy atom. The van der Waals surface area contributed by atoms with E-state index in [1.165, 1.54) is 6.26 Å². The number of nitrogens with one attached hydrogen (secondary N) is 1. The number of carbonyl (C=O) groups excluding carboxylic acids is 1. The van der Waals surface area contributed by atoms with E-state index in [1.807, 2.05) is 6.92 Å². The fourth-order valence-electron chi connectivity index (χ4n) is 1.86. The fourth-order valence-corrected chi connectivity index (χ4v) is 1.86. The summed E-state index contributed by atoms with van der Waals surface area (Å²) in [5.74, 6) is 0.289. The summed E-state index contributed by atoms with van der Waals surface area (Å²) in [7, 11) is 0. The van der Waals surface area contributed by atoms with E-state index < -0.39 is 6.04 Å². The van der Waals surface area contributed by atoms with Crippen LogP contribution in [0.1, 0.15) is 34.6 Å². The van der Waals surface area contributed by atoms with Crippen molar-refractivity contribution in [2.45, 2.75) is 19.4 Å². The topological polar surface area (TPSA) is 75.4 Å². The van der Waals surface area contributed by atoms with Crippen molar-refractivity contribution in [3.8, 4) is 0 Å². The Bertz CT molecular complexity index is 537. The molecule has 2 N–H and O–H groups in total. The van der Waals surface area contributed by atoms with Gasteiger partial charge in [0.05, 0.1) is 12.9 Å². The highest BCUT2D eigenvalue weighted by atomic mass is 16.3. The molecule has 2 aromatic rings. The number of aliphatic hydroxyl groups excluding tert-OH is 1. The van der Waals surface area contributed by atoms with E-state index in [-0.39, 0.29) is 12.5 Å². The molecule has 19 heavy (non-hydrogen) atoms. The summed E-state index contributed by atoms with van der Waals surface area (Å²) in [4.78, 5) is 16.2. The highest BCUT2D eigenvalue weighted by molar-refractivity contribution is 5.95. The molecule has 0 fully saturated rings. The monoisotopic (exact) mass is 260 g/mol. The second-order valence-electron chi connectivity index (χ2n) is 4.11. The van der Waals surface area contributed by atoms with Crippen LogP contribution in [-0.4, -0.2) is 22.6 Å². The fraction of sp³-hybridized carbons (Fsp3) is 0.286. The summed E-state index contributed by atoms with van der Waals surface area (Å²) in [5, 5.41) is 12.1. The number of aryl methyl sites for hydroxylation is 1. The van der Waals surface area contributed by atoms with Gasteiger partial charge in [0.1, 0.15) is 11.8 Å². The lowest BCUT2D eigenvalue weighted by atomic mass is 10.1. The molecule has 1 atom stereocenters. The molecule has 1 unspecified atom stereocenters. The number of hydrogen-bond acceptors (Lipinski definition) is 4. The van der Waals surface area contributed by atoms with Gasteiger partial charge >= 0.3 is 0 Å². The van der Waals surface area contributed by atoms with Crippen molar-refractivity contribution in [1.29, 1.82) is 0 Å². The van der Waals surface area contributed by atoms with Crippen molar-refractivity contribution in [1.82, 2.24) is 10.3 Å². The van der Waals surface area contributed by atoms with Crippen LogP contribution in [-0.2, 0) is 6.42 Å². The number of furan rings is 1. The third-order valence-corrected chi connectivity index (χ3v) is 2.90. The maximum Gasteiger partial charge on any atom is 0.252 e. The highest BCUT2D eigenvalue weighted by Crippen LogP contribution is 2.15. The molecule has 2 aromatic heterocycles. The van der Waals surface area contributed by atoms with Crippen LogP contribution in [0.2, 0.25) is 0 Å². The smallest absolute Gasteiger partial charge is 0.252 e. The Balaban J connectivity index is 2.16. The van der Waals surface area contributed by atoms with Crippen LogP contribution in [0.15, 0.2) is 41.3 Å². The van der Waals surface area contributed by atoms with Crippen molar-refractivity contribution in [2.24, 2.45) is 0 Å². The Morgan fingerprint density at radius 1 is 1.53 bits per heavy atom. The second kappa shape index (κ2) is 6.15. The zero-order valence-electron chi connectivity index (χ0n) is 10.7. The number of aliphatic hydroxyl groups is 1. The summed E-state index contributed by atoms with van der Waals surface area (Å²) in [6, 6.07) is 4.56. The summed E-state index contributed by atoms with van der Waals surface area (Å²) >= 11 is 0. The van der Waals surface area contributed by atoms with Crippen molar-refractivity contribution in [2.75, 3.05) is 6.61 Å². The molecule has 5 heteroatoms. The van der Waals surface area contributed by atoms with Crippen molar-refractivity contribution >= 4 is 5.91 Å². The molecule has 1 amide bonds. The standard InChI is InChI=1S/C14H16N2O3/c1-2-10-8-15-6-5-11(10)14(18)16-12(9-17)13-4-3-7-19-13/h3-8,12,17H,2,9H2,1H3,(H,16,18). The predicted molar refractivity (Wildman–Crippen MR) is 69.6 cm³/mol. The minimum absolute atomic E-state index is 0.216. The quantitative estimate of drug-likeness (QED) is 0.858. The average Bonchev–Trinajstić information content (AvgIpc) is 2.98. The lowest BCUT2D eigenvalue weighted by Gasteiger charge is -2.15. The molecule has 0 bridgehead atoms. The summed E-state index contributed by atoms with van der Waals surface area (Å²) in [5.41, 5.74) is 1.44. The van der Waals surface area contributed by atoms with Crippen LogP contribution in [0.3, 0.4) is 0 Å². The molecule has 0 aromatic carbocycles. The Morgan fingerprint density at radius 2 is 2.37 bits per heavy atom. The number of carbonyl (C=O) groups is 1. The number of pyridine rings is 1. The Labute approximate surface area is 111 Å². The lowest BCUT2D eigenvalue weighted by Crippen LogP contribution is -2.31. The van der Waals surface area contributed by atoms with E-state index in [0.29, 0.717) is 11.3 Å². The van der Waals surface area contributed by atoms with Gasteiger partial charge in [-0.3, -0.25) is 9.78 Å². The molecular weight excluding hydrogens is 244 g/mol. The normalized spacial score (nSPS) is 12.1. The number of hydrogen-bond donors (Lipinski definition) is 2. The minimum Gasteiger partial charge on any atom is -0.467 e. The first-order valence-electron chi connectivity index (χ1n) is 6.14. The molecule has 2 heterocycles. The third-order valence-electron chi connectivity index (χ3n) is 2.90. The average molecular weight is 260 g/mol. The molecule has 0 aliphatic rings. The zero-order chi connectivity index (χ0) is 13.7. The first-order valence-corrected chi connectivity index (χ1v) is 6.14. The SMILES string of the molecule is CCc1cnccc1C(=O)NC(CO)c1ccco1. The van der Waals surface area contributed by atoms with Crippen molar-refractivity contribution in [3.63, 3.8) is 0 Å². The molecule has 0 spiro atoms. The van der Waals surface area contributed by atoms with Crippen LogP contribution in [0, 0.1) is 0 Å². The van der Waals surface area contributed by atoms with E-state index in [2.05, 4.69) is 10.3 Å². The van der Waals surface area contributed by atoms with E-state index >= 15 is 0 Å². The van der Waals surface area contributed by atoms with Gasteiger partial charge in [0.25, 0.3) is 5.91 Å². The van der Waals surface area contributed by atoms with E-state index in [1.54, 1.807) is 30.6 Å². The van der Waals surface area contributed by atoms with Gasteiger partial charge in [-0.1, -0.05) is 6.92 Å². The first kappa shape index (κ1) is 13.3. The van der Waals surface area contributed by atoms with E-state index in [0.717, 1.165) is 12.0 Å². The van der Waals surface area contributed by atoms with Gasteiger partial charge < -0.3 is 14.8 Å². The number of nitrogens with zero attached hydrogens (tertiary/aromatic N) is 1. The van der Waals surface area contributed by atoms with Crippen LogP contribution in [0.4, 0.5) is 0 Å². The number of aromatic nitrogens is 1. The predicted octanol–water partition coefficient (Wildman–Crippen LogP) is 1.70. The number of rotatable bonds is 5. The second-order valence-corrected chi connectivity index (χ2v) is 4.11. The molecule has 0 aliphatic heterocycles. The van der Waals surface area contributed by atoms with Gasteiger partial charge in [-0.25, -0.2) is 0 Å². The summed E-state index contributed by atoms with van der Waals surface area (Å²) in [6.07, 6.45) is 5.49. The number of amides is 1. The molecule has 5 nitrogen and oxygen atoms in total. The Hall–Kier alpha value is -2.14. The third kappa shape index (κ3) is 3.00. The summed E-state index contributed by atoms with van der Waals surface area (Å²) < 4.78 is 5.19. The zero-order valence-corrected chi connectivity index (χ0v) is 10.7. The molecule has 0 saturated carbocycles. The highest BCUT2D eigenvalue weighted by Gasteiger charge is 2.18. The van der Waals surface area contributed by atoms with Crippen LogP contribution in [0.5, 0.6) is 0 Å². The minimum atomic E-state index is -0.541. The van der Waals surface area contributed by atoms with Gasteiger partial charge in [-0.2, -0.15) is 0 Å². The molecule has 0 radical (unpaired) electrons. The lowest BCUT2D eigenvalue weighted by molar-refractivity contribution is 0.0906. The van der Waals surface area contributed by atoms with Crippen molar-refractivity contribution in [3.05, 3.63) is 53.7 Å². The summed E-state index contributed by atoms with van der Waals surface area (Å²) in [6.45, 7) is 1.75. The van der Waals surface area contributed by atoms with Gasteiger partial charge in [0, 0.05) is 18.0 Å². The first-order chi connectivity index (χ1) is 9.26. The van der Waals surface area contributed by atoms with E-state index in [9.17, 15) is 9.90 Å². The van der Waals surface area contributed by atoms with E-state index in [4.69, 9.17) is 4.42 Å². The molecule has 2 rings (SSSR count). The van der Waals surface area contributed by atoms with Crippen LogP contribution >= 0.6 is 0 Å². The van der Waals surface area contributed by atoms with Gasteiger partial charge in [-0.05, 0) is 30.2 Å². The van der Waals surface area contributed by atoms with Crippen molar-refractivity contribution < 1.29 is 14.3 Å². The molecule has 100 valence electrons. The maximum absolute atomic E-state index is 12.2. The maximum atomic E-state index is 12.2. The Kier molecular flexibility index (Phi) is 4.30. The largest absolute Gasteiger partial charge is 0.467 e. The van der Waals surface area contributed by atoms with Gasteiger partial charge in [0.15, 0.2) is 0 Å². The van der Waals surface area contributed by atoms with Gasteiger partial charge in [0.2, 0.25) is 0 Å². The van der Waals surface area contributed by atoms with Gasteiger partial charge in [-0.15, -0.1) is 0 Å². The molecular formula is C14H16N2O3.